The summed E-state index contributed by atoms with van der Waals surface area (Å²) in [7, 11) is 1.92. The molecule has 3 nitrogen and oxygen atoms in total. The summed E-state index contributed by atoms with van der Waals surface area (Å²) >= 11 is 0. The molecule has 0 aliphatic rings. The van der Waals surface area contributed by atoms with E-state index >= 15 is 0 Å². The van der Waals surface area contributed by atoms with E-state index in [2.05, 4.69) is 31.1 Å². The van der Waals surface area contributed by atoms with Gasteiger partial charge in [0, 0.05) is 12.4 Å². The quantitative estimate of drug-likeness (QED) is 0.748. The number of nitrogens with zero attached hydrogens (tertiary/aromatic N) is 2. The van der Waals surface area contributed by atoms with Crippen LogP contribution in [0.5, 0.6) is 0 Å². The molecular formula is C11H15N3. The average molecular weight is 189 g/mol. The Kier molecular flexibility index (Phi) is 1.95. The Bertz CT molecular complexity index is 469. The molecule has 0 radical (unpaired) electrons. The Balaban J connectivity index is 2.71. The minimum atomic E-state index is 0.538. The number of aromatic nitrogens is 2. The first-order chi connectivity index (χ1) is 6.59. The summed E-state index contributed by atoms with van der Waals surface area (Å²) in [5.74, 6) is 1.15. The van der Waals surface area contributed by atoms with Gasteiger partial charge < -0.3 is 5.73 Å². The second-order valence-corrected chi connectivity index (χ2v) is 3.94. The van der Waals surface area contributed by atoms with Crippen LogP contribution in [0.4, 0.5) is 5.82 Å². The smallest absolute Gasteiger partial charge is 0.153 e. The third-order valence-electron chi connectivity index (χ3n) is 2.57. The number of nitrogens with two attached hydrogens (primary N) is 1. The fourth-order valence-corrected chi connectivity index (χ4v) is 1.66. The van der Waals surface area contributed by atoms with Crippen molar-refractivity contribution in [1.82, 2.24) is 9.78 Å². The summed E-state index contributed by atoms with van der Waals surface area (Å²) in [5, 5.41) is 5.22. The topological polar surface area (TPSA) is 43.8 Å². The Hall–Kier alpha value is -1.51. The lowest BCUT2D eigenvalue weighted by Gasteiger charge is -2.05. The van der Waals surface area contributed by atoms with E-state index in [0.29, 0.717) is 11.7 Å². The molecule has 1 aromatic heterocycles. The molecule has 2 N–H and O–H groups in total. The lowest BCUT2D eigenvalue weighted by Crippen LogP contribution is -1.92. The molecule has 0 spiro atoms. The summed E-state index contributed by atoms with van der Waals surface area (Å²) in [6, 6.07) is 6.32. The number of hydrogen-bond donors (Lipinski definition) is 1. The highest BCUT2D eigenvalue weighted by molar-refractivity contribution is 5.89. The van der Waals surface area contributed by atoms with Gasteiger partial charge in [0.15, 0.2) is 5.82 Å². The summed E-state index contributed by atoms with van der Waals surface area (Å²) in [6.45, 7) is 4.36. The van der Waals surface area contributed by atoms with Crippen LogP contribution in [-0.4, -0.2) is 9.78 Å². The minimum absolute atomic E-state index is 0.538. The van der Waals surface area contributed by atoms with Crippen LogP contribution >= 0.6 is 0 Å². The zero-order valence-corrected chi connectivity index (χ0v) is 8.78. The van der Waals surface area contributed by atoms with Gasteiger partial charge in [0.05, 0.1) is 5.52 Å². The minimum Gasteiger partial charge on any atom is -0.382 e. The van der Waals surface area contributed by atoms with E-state index in [1.165, 1.54) is 5.56 Å². The molecule has 0 unspecified atom stereocenters. The number of anilines is 1. The molecule has 0 aliphatic carbocycles. The van der Waals surface area contributed by atoms with Gasteiger partial charge in [0.2, 0.25) is 0 Å². The molecule has 0 aliphatic heterocycles. The Labute approximate surface area is 83.5 Å². The summed E-state index contributed by atoms with van der Waals surface area (Å²) in [4.78, 5) is 0. The van der Waals surface area contributed by atoms with E-state index in [9.17, 15) is 0 Å². The van der Waals surface area contributed by atoms with Gasteiger partial charge in [0.25, 0.3) is 0 Å². The van der Waals surface area contributed by atoms with Crippen molar-refractivity contribution in [2.24, 2.45) is 7.05 Å². The number of rotatable bonds is 1. The lowest BCUT2D eigenvalue weighted by atomic mass is 10.0. The maximum Gasteiger partial charge on any atom is 0.153 e. The first-order valence-electron chi connectivity index (χ1n) is 4.81. The fraction of sp³-hybridized carbons (Fsp3) is 0.364. The highest BCUT2D eigenvalue weighted by atomic mass is 15.3. The van der Waals surface area contributed by atoms with Gasteiger partial charge in [0.1, 0.15) is 0 Å². The van der Waals surface area contributed by atoms with Crippen molar-refractivity contribution >= 4 is 16.7 Å². The van der Waals surface area contributed by atoms with E-state index in [1.807, 2.05) is 17.8 Å². The van der Waals surface area contributed by atoms with Crippen LogP contribution in [0.2, 0.25) is 0 Å². The van der Waals surface area contributed by atoms with Crippen molar-refractivity contribution in [2.45, 2.75) is 19.8 Å². The van der Waals surface area contributed by atoms with E-state index in [4.69, 9.17) is 5.73 Å². The summed E-state index contributed by atoms with van der Waals surface area (Å²) in [6.07, 6.45) is 0. The monoisotopic (exact) mass is 189 g/mol. The molecule has 2 aromatic rings. The van der Waals surface area contributed by atoms with Gasteiger partial charge in [-0.25, -0.2) is 0 Å². The largest absolute Gasteiger partial charge is 0.382 e. The molecule has 0 atom stereocenters. The van der Waals surface area contributed by atoms with Gasteiger partial charge >= 0.3 is 0 Å². The number of hydrogen-bond acceptors (Lipinski definition) is 2. The van der Waals surface area contributed by atoms with Crippen molar-refractivity contribution in [3.63, 3.8) is 0 Å². The van der Waals surface area contributed by atoms with Crippen LogP contribution in [0, 0.1) is 0 Å². The predicted octanol–water partition coefficient (Wildman–Crippen LogP) is 2.28. The van der Waals surface area contributed by atoms with Crippen molar-refractivity contribution in [1.29, 1.82) is 0 Å². The third kappa shape index (κ3) is 1.25. The van der Waals surface area contributed by atoms with Gasteiger partial charge in [-0.05, 0) is 23.6 Å². The van der Waals surface area contributed by atoms with Crippen LogP contribution in [0.1, 0.15) is 25.3 Å². The van der Waals surface area contributed by atoms with E-state index in [-0.39, 0.29) is 0 Å². The highest BCUT2D eigenvalue weighted by Gasteiger charge is 2.07. The molecule has 0 saturated heterocycles. The average Bonchev–Trinajstić information content (AvgIpc) is 2.42. The molecule has 2 rings (SSSR count). The van der Waals surface area contributed by atoms with Gasteiger partial charge in [-0.1, -0.05) is 19.9 Å². The summed E-state index contributed by atoms with van der Waals surface area (Å²) in [5.41, 5.74) is 8.20. The zero-order chi connectivity index (χ0) is 10.3. The van der Waals surface area contributed by atoms with Crippen molar-refractivity contribution in [2.75, 3.05) is 5.73 Å². The van der Waals surface area contributed by atoms with Crippen molar-refractivity contribution in [3.05, 3.63) is 23.8 Å². The van der Waals surface area contributed by atoms with Crippen LogP contribution in [-0.2, 0) is 7.05 Å². The second kappa shape index (κ2) is 3.01. The molecule has 1 aromatic carbocycles. The molecule has 74 valence electrons. The normalized spacial score (nSPS) is 11.4. The first kappa shape index (κ1) is 9.06. The van der Waals surface area contributed by atoms with Crippen LogP contribution in [0.15, 0.2) is 18.2 Å². The predicted molar refractivity (Wildman–Crippen MR) is 59.2 cm³/mol. The number of aryl methyl sites for hydroxylation is 1. The maximum absolute atomic E-state index is 5.77. The summed E-state index contributed by atoms with van der Waals surface area (Å²) < 4.78 is 1.83. The van der Waals surface area contributed by atoms with Gasteiger partial charge in [-0.15, -0.1) is 0 Å². The van der Waals surface area contributed by atoms with Gasteiger partial charge in [-0.2, -0.15) is 5.10 Å². The van der Waals surface area contributed by atoms with E-state index in [0.717, 1.165) is 10.9 Å². The molecule has 0 amide bonds. The second-order valence-electron chi connectivity index (χ2n) is 3.94. The van der Waals surface area contributed by atoms with Gasteiger partial charge in [-0.3, -0.25) is 4.68 Å². The maximum atomic E-state index is 5.77. The SMILES string of the molecule is CC(C)c1ccc2c(N)nn(C)c2c1. The van der Waals surface area contributed by atoms with Crippen molar-refractivity contribution in [3.8, 4) is 0 Å². The molecule has 14 heavy (non-hydrogen) atoms. The molecule has 0 saturated carbocycles. The van der Waals surface area contributed by atoms with Crippen molar-refractivity contribution < 1.29 is 0 Å². The zero-order valence-electron chi connectivity index (χ0n) is 8.78. The molecule has 0 bridgehead atoms. The van der Waals surface area contributed by atoms with Crippen LogP contribution in [0.3, 0.4) is 0 Å². The Morgan fingerprint density at radius 2 is 2.07 bits per heavy atom. The molecule has 3 heteroatoms. The third-order valence-corrected chi connectivity index (χ3v) is 2.57. The van der Waals surface area contributed by atoms with E-state index in [1.54, 1.807) is 0 Å². The molecule has 1 heterocycles. The molecular weight excluding hydrogens is 174 g/mol. The highest BCUT2D eigenvalue weighted by Crippen LogP contribution is 2.24. The Morgan fingerprint density at radius 3 is 2.71 bits per heavy atom. The standard InChI is InChI=1S/C11H15N3/c1-7(2)8-4-5-9-10(6-8)14(3)13-11(9)12/h4-7H,1-3H3,(H2,12,13). The number of fused-ring (bicyclic) bond motifs is 1. The van der Waals surface area contributed by atoms with Crippen LogP contribution < -0.4 is 5.73 Å². The Morgan fingerprint density at radius 1 is 1.36 bits per heavy atom. The van der Waals surface area contributed by atoms with E-state index < -0.39 is 0 Å². The molecule has 0 fully saturated rings. The number of benzene rings is 1. The van der Waals surface area contributed by atoms with Crippen LogP contribution in [0.25, 0.3) is 10.9 Å². The fourth-order valence-electron chi connectivity index (χ4n) is 1.66. The lowest BCUT2D eigenvalue weighted by molar-refractivity contribution is 0.799. The number of nitrogen functional groups attached to an aromatic ring is 1. The first-order valence-corrected chi connectivity index (χ1v) is 4.81.